The molecule has 1 aliphatic heterocycles. The van der Waals surface area contributed by atoms with Gasteiger partial charge in [-0.3, -0.25) is 14.4 Å². The molecule has 0 N–H and O–H groups in total. The second-order valence-corrected chi connectivity index (χ2v) is 7.50. The minimum atomic E-state index is -0.809. The van der Waals surface area contributed by atoms with Crippen molar-refractivity contribution in [1.29, 1.82) is 0 Å². The van der Waals surface area contributed by atoms with Crippen LogP contribution in [0.15, 0.2) is 29.9 Å². The molecule has 2 aromatic rings. The molecule has 24 heavy (non-hydrogen) atoms. The van der Waals surface area contributed by atoms with E-state index in [2.05, 4.69) is 16.1 Å². The number of aromatic nitrogens is 2. The number of carbonyl (C=O) groups is 1. The van der Waals surface area contributed by atoms with Crippen LogP contribution in [-0.2, 0) is 24.8 Å². The van der Waals surface area contributed by atoms with E-state index in [1.807, 2.05) is 24.7 Å². The molecule has 0 aromatic carbocycles. The van der Waals surface area contributed by atoms with Crippen LogP contribution in [0.3, 0.4) is 0 Å². The Balaban J connectivity index is 1.57. The number of hydrogen-bond donors (Lipinski definition) is 0. The molecule has 0 unspecified atom stereocenters. The summed E-state index contributed by atoms with van der Waals surface area (Å²) in [6, 6.07) is 4.16. The van der Waals surface area contributed by atoms with Gasteiger partial charge in [0.25, 0.3) is 0 Å². The SMILES string of the molecule is CN(C[C@@H]1C[C@H](F)CN1Cc1cccs1)C(=O)Cc1cnn(C)c1. The molecule has 0 bridgehead atoms. The van der Waals surface area contributed by atoms with Gasteiger partial charge in [0.05, 0.1) is 12.6 Å². The molecular weight excluding hydrogens is 327 g/mol. The molecule has 0 saturated carbocycles. The Hall–Kier alpha value is -1.73. The van der Waals surface area contributed by atoms with Gasteiger partial charge in [-0.05, 0) is 23.4 Å². The van der Waals surface area contributed by atoms with E-state index in [9.17, 15) is 9.18 Å². The zero-order valence-electron chi connectivity index (χ0n) is 14.1. The summed E-state index contributed by atoms with van der Waals surface area (Å²) in [7, 11) is 3.63. The van der Waals surface area contributed by atoms with Gasteiger partial charge < -0.3 is 4.90 Å². The Bertz CT molecular complexity index is 672. The fraction of sp³-hybridized carbons (Fsp3) is 0.529. The van der Waals surface area contributed by atoms with Crippen molar-refractivity contribution < 1.29 is 9.18 Å². The minimum absolute atomic E-state index is 0.0429. The molecule has 1 aliphatic rings. The summed E-state index contributed by atoms with van der Waals surface area (Å²) in [5.74, 6) is 0.0429. The summed E-state index contributed by atoms with van der Waals surface area (Å²) >= 11 is 1.69. The van der Waals surface area contributed by atoms with Crippen molar-refractivity contribution in [2.45, 2.75) is 31.6 Å². The molecule has 3 rings (SSSR count). The number of aryl methyl sites for hydroxylation is 1. The van der Waals surface area contributed by atoms with E-state index in [-0.39, 0.29) is 11.9 Å². The molecule has 130 valence electrons. The third-order valence-corrected chi connectivity index (χ3v) is 5.30. The van der Waals surface area contributed by atoms with Crippen LogP contribution in [0.2, 0.25) is 0 Å². The van der Waals surface area contributed by atoms with Crippen molar-refractivity contribution in [2.75, 3.05) is 20.1 Å². The highest BCUT2D eigenvalue weighted by molar-refractivity contribution is 7.09. The molecule has 0 aliphatic carbocycles. The van der Waals surface area contributed by atoms with Gasteiger partial charge in [-0.15, -0.1) is 11.3 Å². The Morgan fingerprint density at radius 1 is 1.54 bits per heavy atom. The highest BCUT2D eigenvalue weighted by Crippen LogP contribution is 2.24. The number of amides is 1. The molecule has 3 heterocycles. The lowest BCUT2D eigenvalue weighted by Crippen LogP contribution is -2.41. The lowest BCUT2D eigenvalue weighted by atomic mass is 10.1. The molecule has 5 nitrogen and oxygen atoms in total. The van der Waals surface area contributed by atoms with Gasteiger partial charge in [-0.1, -0.05) is 6.07 Å². The van der Waals surface area contributed by atoms with Crippen LogP contribution < -0.4 is 0 Å². The molecular formula is C17H23FN4OS. The molecule has 1 saturated heterocycles. The molecule has 7 heteroatoms. The third-order valence-electron chi connectivity index (χ3n) is 4.44. The van der Waals surface area contributed by atoms with E-state index in [0.29, 0.717) is 25.9 Å². The number of likely N-dealkylation sites (tertiary alicyclic amines) is 1. The van der Waals surface area contributed by atoms with Crippen molar-refractivity contribution >= 4 is 17.2 Å². The maximum atomic E-state index is 13.9. The topological polar surface area (TPSA) is 41.4 Å². The number of alkyl halides is 1. The Morgan fingerprint density at radius 2 is 2.38 bits per heavy atom. The third kappa shape index (κ3) is 4.21. The van der Waals surface area contributed by atoms with Gasteiger partial charge in [-0.25, -0.2) is 4.39 Å². The van der Waals surface area contributed by atoms with Crippen LogP contribution in [0.25, 0.3) is 0 Å². The summed E-state index contributed by atoms with van der Waals surface area (Å²) in [4.78, 5) is 17.5. The molecule has 2 aromatic heterocycles. The lowest BCUT2D eigenvalue weighted by molar-refractivity contribution is -0.129. The van der Waals surface area contributed by atoms with E-state index in [1.165, 1.54) is 4.88 Å². The van der Waals surface area contributed by atoms with E-state index < -0.39 is 6.17 Å². The molecule has 2 atom stereocenters. The van der Waals surface area contributed by atoms with Gasteiger partial charge in [0.2, 0.25) is 5.91 Å². The first-order chi connectivity index (χ1) is 11.5. The van der Waals surface area contributed by atoms with Crippen molar-refractivity contribution in [2.24, 2.45) is 7.05 Å². The van der Waals surface area contributed by atoms with Gasteiger partial charge in [0.1, 0.15) is 6.17 Å². The number of hydrogen-bond acceptors (Lipinski definition) is 4. The van der Waals surface area contributed by atoms with Crippen LogP contribution in [0.4, 0.5) is 4.39 Å². The average Bonchev–Trinajstić information content (AvgIpc) is 3.24. The summed E-state index contributed by atoms with van der Waals surface area (Å²) in [5.41, 5.74) is 0.902. The number of nitrogens with zero attached hydrogens (tertiary/aromatic N) is 4. The maximum absolute atomic E-state index is 13.9. The van der Waals surface area contributed by atoms with Crippen LogP contribution in [0, 0.1) is 0 Å². The zero-order valence-corrected chi connectivity index (χ0v) is 14.9. The summed E-state index contributed by atoms with van der Waals surface area (Å²) in [5, 5.41) is 6.12. The standard InChI is InChI=1S/C17H23FN4OS/c1-20(17(23)6-13-8-19-21(2)9-13)11-15-7-14(18)10-22(15)12-16-4-3-5-24-16/h3-5,8-9,14-15H,6-7,10-12H2,1-2H3/t14-,15-/m0/s1. The Morgan fingerprint density at radius 3 is 3.04 bits per heavy atom. The highest BCUT2D eigenvalue weighted by atomic mass is 32.1. The quantitative estimate of drug-likeness (QED) is 0.801. The van der Waals surface area contributed by atoms with Crippen molar-refractivity contribution in [1.82, 2.24) is 19.6 Å². The summed E-state index contributed by atoms with van der Waals surface area (Å²) in [6.45, 7) is 1.77. The molecule has 1 fully saturated rings. The van der Waals surface area contributed by atoms with E-state index in [0.717, 1.165) is 12.1 Å². The van der Waals surface area contributed by atoms with Gasteiger partial charge in [0.15, 0.2) is 0 Å². The van der Waals surface area contributed by atoms with Crippen LogP contribution >= 0.6 is 11.3 Å². The fourth-order valence-corrected chi connectivity index (χ4v) is 3.93. The van der Waals surface area contributed by atoms with E-state index in [1.54, 1.807) is 34.2 Å². The number of rotatable bonds is 6. The Kier molecular flexibility index (Phi) is 5.30. The summed E-state index contributed by atoms with van der Waals surface area (Å²) in [6.07, 6.45) is 3.58. The first-order valence-electron chi connectivity index (χ1n) is 8.13. The van der Waals surface area contributed by atoms with Crippen LogP contribution in [0.1, 0.15) is 16.9 Å². The van der Waals surface area contributed by atoms with E-state index >= 15 is 0 Å². The number of likely N-dealkylation sites (N-methyl/N-ethyl adjacent to an activating group) is 1. The van der Waals surface area contributed by atoms with E-state index in [4.69, 9.17) is 0 Å². The van der Waals surface area contributed by atoms with Crippen LogP contribution in [-0.4, -0.2) is 57.8 Å². The number of thiophene rings is 1. The minimum Gasteiger partial charge on any atom is -0.344 e. The lowest BCUT2D eigenvalue weighted by Gasteiger charge is -2.28. The summed E-state index contributed by atoms with van der Waals surface area (Å²) < 4.78 is 15.6. The zero-order chi connectivity index (χ0) is 17.1. The second-order valence-electron chi connectivity index (χ2n) is 6.47. The monoisotopic (exact) mass is 350 g/mol. The predicted molar refractivity (Wildman–Crippen MR) is 92.6 cm³/mol. The molecule has 1 amide bonds. The Labute approximate surface area is 145 Å². The fourth-order valence-electron chi connectivity index (χ4n) is 3.20. The van der Waals surface area contributed by atoms with Crippen molar-refractivity contribution in [3.8, 4) is 0 Å². The van der Waals surface area contributed by atoms with Crippen molar-refractivity contribution in [3.63, 3.8) is 0 Å². The predicted octanol–water partition coefficient (Wildman–Crippen LogP) is 2.10. The highest BCUT2D eigenvalue weighted by Gasteiger charge is 2.33. The largest absolute Gasteiger partial charge is 0.344 e. The second kappa shape index (κ2) is 7.44. The van der Waals surface area contributed by atoms with Crippen molar-refractivity contribution in [3.05, 3.63) is 40.3 Å². The van der Waals surface area contributed by atoms with Crippen LogP contribution in [0.5, 0.6) is 0 Å². The maximum Gasteiger partial charge on any atom is 0.226 e. The number of halogens is 1. The van der Waals surface area contributed by atoms with Gasteiger partial charge in [-0.2, -0.15) is 5.10 Å². The average molecular weight is 350 g/mol. The molecule has 0 spiro atoms. The first-order valence-corrected chi connectivity index (χ1v) is 9.01. The normalized spacial score (nSPS) is 21.3. The first kappa shape index (κ1) is 17.1. The molecule has 0 radical (unpaired) electrons. The smallest absolute Gasteiger partial charge is 0.226 e. The van der Waals surface area contributed by atoms with Gasteiger partial charge >= 0.3 is 0 Å². The van der Waals surface area contributed by atoms with Gasteiger partial charge in [0, 0.05) is 50.8 Å². The number of carbonyl (C=O) groups excluding carboxylic acids is 1.